The van der Waals surface area contributed by atoms with Gasteiger partial charge < -0.3 is 5.32 Å². The summed E-state index contributed by atoms with van der Waals surface area (Å²) in [7, 11) is 1.97. The van der Waals surface area contributed by atoms with Crippen LogP contribution in [0.3, 0.4) is 0 Å². The molecule has 0 aliphatic rings. The molecule has 1 heterocycles. The Morgan fingerprint density at radius 2 is 2.00 bits per heavy atom. The van der Waals surface area contributed by atoms with Crippen LogP contribution in [0.25, 0.3) is 0 Å². The molecule has 92 valence electrons. The Hall–Kier alpha value is -0.830. The van der Waals surface area contributed by atoms with Crippen molar-refractivity contribution >= 4 is 0 Å². The molecule has 0 amide bonds. The van der Waals surface area contributed by atoms with Crippen LogP contribution in [0.4, 0.5) is 0 Å². The first-order valence-corrected chi connectivity index (χ1v) is 6.45. The second kappa shape index (κ2) is 7.44. The molecule has 1 N–H and O–H groups in total. The van der Waals surface area contributed by atoms with Crippen LogP contribution in [0.2, 0.25) is 0 Å². The average molecular weight is 223 g/mol. The summed E-state index contributed by atoms with van der Waals surface area (Å²) in [5.74, 6) is 0. The summed E-state index contributed by atoms with van der Waals surface area (Å²) in [4.78, 5) is 0. The van der Waals surface area contributed by atoms with Crippen molar-refractivity contribution in [1.82, 2.24) is 15.1 Å². The van der Waals surface area contributed by atoms with Crippen molar-refractivity contribution in [2.45, 2.75) is 59.0 Å². The van der Waals surface area contributed by atoms with Crippen LogP contribution in [0.1, 0.15) is 50.3 Å². The van der Waals surface area contributed by atoms with Crippen LogP contribution in [0, 0.1) is 6.92 Å². The predicted molar refractivity (Wildman–Crippen MR) is 68.5 cm³/mol. The first-order chi connectivity index (χ1) is 7.77. The minimum atomic E-state index is 0.918. The van der Waals surface area contributed by atoms with Gasteiger partial charge >= 0.3 is 0 Å². The van der Waals surface area contributed by atoms with Gasteiger partial charge in [0, 0.05) is 24.8 Å². The number of rotatable bonds is 8. The van der Waals surface area contributed by atoms with Gasteiger partial charge in [-0.3, -0.25) is 4.68 Å². The average Bonchev–Trinajstić information content (AvgIpc) is 2.60. The molecule has 0 spiro atoms. The van der Waals surface area contributed by atoms with E-state index in [1.54, 1.807) is 0 Å². The second-order valence-corrected chi connectivity index (χ2v) is 4.45. The first-order valence-electron chi connectivity index (χ1n) is 6.45. The van der Waals surface area contributed by atoms with Gasteiger partial charge in [-0.2, -0.15) is 5.10 Å². The number of unbranched alkanes of at least 4 members (excludes halogenated alkanes) is 4. The van der Waals surface area contributed by atoms with E-state index in [-0.39, 0.29) is 0 Å². The highest BCUT2D eigenvalue weighted by Gasteiger charge is 2.03. The van der Waals surface area contributed by atoms with Gasteiger partial charge in [0.25, 0.3) is 0 Å². The normalized spacial score (nSPS) is 10.9. The van der Waals surface area contributed by atoms with Gasteiger partial charge in [-0.25, -0.2) is 0 Å². The minimum absolute atomic E-state index is 0.918. The molecule has 1 aromatic rings. The Balaban J connectivity index is 2.28. The molecule has 3 heteroatoms. The number of hydrogen-bond acceptors (Lipinski definition) is 2. The highest BCUT2D eigenvalue weighted by atomic mass is 15.3. The van der Waals surface area contributed by atoms with Gasteiger partial charge in [0.05, 0.1) is 5.69 Å². The Morgan fingerprint density at radius 1 is 1.25 bits per heavy atom. The van der Waals surface area contributed by atoms with E-state index in [0.29, 0.717) is 0 Å². The Labute approximate surface area is 99.2 Å². The van der Waals surface area contributed by atoms with Crippen LogP contribution >= 0.6 is 0 Å². The van der Waals surface area contributed by atoms with Crippen molar-refractivity contribution in [1.29, 1.82) is 0 Å². The van der Waals surface area contributed by atoms with Gasteiger partial charge in [-0.1, -0.05) is 32.6 Å². The molecule has 0 aromatic carbocycles. The second-order valence-electron chi connectivity index (χ2n) is 4.45. The van der Waals surface area contributed by atoms with Crippen LogP contribution in [0.5, 0.6) is 0 Å². The number of aromatic nitrogens is 2. The zero-order valence-corrected chi connectivity index (χ0v) is 10.9. The lowest BCUT2D eigenvalue weighted by Crippen LogP contribution is -2.05. The lowest BCUT2D eigenvalue weighted by molar-refractivity contribution is 0.531. The molecule has 1 rings (SSSR count). The van der Waals surface area contributed by atoms with E-state index in [1.165, 1.54) is 37.7 Å². The molecule has 0 atom stereocenters. The summed E-state index contributed by atoms with van der Waals surface area (Å²) < 4.78 is 2.09. The fraction of sp³-hybridized carbons (Fsp3) is 0.769. The number of nitrogens with one attached hydrogen (secondary N) is 1. The van der Waals surface area contributed by atoms with Crippen molar-refractivity contribution < 1.29 is 0 Å². The Kier molecular flexibility index (Phi) is 6.16. The maximum Gasteiger partial charge on any atom is 0.0638 e. The summed E-state index contributed by atoms with van der Waals surface area (Å²) in [6, 6.07) is 0. The van der Waals surface area contributed by atoms with Crippen LogP contribution in [0.15, 0.2) is 6.20 Å². The Bertz CT molecular complexity index is 291. The molecule has 0 saturated heterocycles. The molecule has 1 aromatic heterocycles. The van der Waals surface area contributed by atoms with Gasteiger partial charge in [0.15, 0.2) is 0 Å². The lowest BCUT2D eigenvalue weighted by atomic mass is 10.1. The molecule has 0 fully saturated rings. The molecule has 0 bridgehead atoms. The maximum absolute atomic E-state index is 4.52. The van der Waals surface area contributed by atoms with E-state index in [2.05, 4.69) is 35.1 Å². The molecule has 0 radical (unpaired) electrons. The molecule has 0 aliphatic heterocycles. The SMILES string of the molecule is CCCCCCCn1cc(CNC)c(C)n1. The first kappa shape index (κ1) is 13.2. The van der Waals surface area contributed by atoms with E-state index in [0.717, 1.165) is 18.8 Å². The largest absolute Gasteiger partial charge is 0.316 e. The maximum atomic E-state index is 4.52. The van der Waals surface area contributed by atoms with E-state index >= 15 is 0 Å². The van der Waals surface area contributed by atoms with Crippen molar-refractivity contribution in [2.75, 3.05) is 7.05 Å². The Morgan fingerprint density at radius 3 is 2.69 bits per heavy atom. The number of nitrogens with zero attached hydrogens (tertiary/aromatic N) is 2. The lowest BCUT2D eigenvalue weighted by Gasteiger charge is -2.01. The van der Waals surface area contributed by atoms with Crippen molar-refractivity contribution in [3.05, 3.63) is 17.5 Å². The summed E-state index contributed by atoms with van der Waals surface area (Å²) in [5.41, 5.74) is 2.47. The quantitative estimate of drug-likeness (QED) is 0.687. The third kappa shape index (κ3) is 4.35. The fourth-order valence-corrected chi connectivity index (χ4v) is 1.91. The molecular formula is C13H25N3. The van der Waals surface area contributed by atoms with Gasteiger partial charge in [0.1, 0.15) is 0 Å². The van der Waals surface area contributed by atoms with E-state index in [1.807, 2.05) is 7.05 Å². The zero-order valence-electron chi connectivity index (χ0n) is 10.9. The summed E-state index contributed by atoms with van der Waals surface area (Å²) >= 11 is 0. The minimum Gasteiger partial charge on any atom is -0.316 e. The summed E-state index contributed by atoms with van der Waals surface area (Å²) in [5, 5.41) is 7.69. The standard InChI is InChI=1S/C13H25N3/c1-4-5-6-7-8-9-16-11-13(10-14-3)12(2)15-16/h11,14H,4-10H2,1-3H3. The highest BCUT2D eigenvalue weighted by Crippen LogP contribution is 2.08. The van der Waals surface area contributed by atoms with Crippen LogP contribution in [-0.2, 0) is 13.1 Å². The van der Waals surface area contributed by atoms with Crippen molar-refractivity contribution in [3.8, 4) is 0 Å². The molecule has 16 heavy (non-hydrogen) atoms. The molecule has 3 nitrogen and oxygen atoms in total. The fourth-order valence-electron chi connectivity index (χ4n) is 1.91. The molecule has 0 aliphatic carbocycles. The third-order valence-corrected chi connectivity index (χ3v) is 2.91. The number of hydrogen-bond donors (Lipinski definition) is 1. The topological polar surface area (TPSA) is 29.9 Å². The van der Waals surface area contributed by atoms with E-state index in [9.17, 15) is 0 Å². The summed E-state index contributed by atoms with van der Waals surface area (Å²) in [6.45, 7) is 6.32. The predicted octanol–water partition coefficient (Wildman–Crippen LogP) is 2.88. The van der Waals surface area contributed by atoms with Gasteiger partial charge in [0.2, 0.25) is 0 Å². The zero-order chi connectivity index (χ0) is 11.8. The molecule has 0 unspecified atom stereocenters. The summed E-state index contributed by atoms with van der Waals surface area (Å²) in [6.07, 6.45) is 8.79. The molecular weight excluding hydrogens is 198 g/mol. The highest BCUT2D eigenvalue weighted by molar-refractivity contribution is 5.14. The van der Waals surface area contributed by atoms with Crippen LogP contribution in [-0.4, -0.2) is 16.8 Å². The van der Waals surface area contributed by atoms with Gasteiger partial charge in [-0.05, 0) is 20.4 Å². The monoisotopic (exact) mass is 223 g/mol. The van der Waals surface area contributed by atoms with Crippen molar-refractivity contribution in [2.24, 2.45) is 0 Å². The smallest absolute Gasteiger partial charge is 0.0638 e. The number of aryl methyl sites for hydroxylation is 2. The van der Waals surface area contributed by atoms with Crippen molar-refractivity contribution in [3.63, 3.8) is 0 Å². The third-order valence-electron chi connectivity index (χ3n) is 2.91. The van der Waals surface area contributed by atoms with E-state index < -0.39 is 0 Å². The molecule has 0 saturated carbocycles. The van der Waals surface area contributed by atoms with E-state index in [4.69, 9.17) is 0 Å². The van der Waals surface area contributed by atoms with Gasteiger partial charge in [-0.15, -0.1) is 0 Å². The van der Waals surface area contributed by atoms with Crippen LogP contribution < -0.4 is 5.32 Å².